The van der Waals surface area contributed by atoms with Gasteiger partial charge in [0, 0.05) is 19.2 Å². The summed E-state index contributed by atoms with van der Waals surface area (Å²) in [5.74, 6) is -0.414. The van der Waals surface area contributed by atoms with Gasteiger partial charge in [-0.25, -0.2) is 4.98 Å². The lowest BCUT2D eigenvalue weighted by atomic mass is 9.99. The molecule has 2 heterocycles. The van der Waals surface area contributed by atoms with Crippen LogP contribution in [0.1, 0.15) is 44.3 Å². The summed E-state index contributed by atoms with van der Waals surface area (Å²) in [6.45, 7) is 5.78. The van der Waals surface area contributed by atoms with Gasteiger partial charge in [0.15, 0.2) is 0 Å². The highest BCUT2D eigenvalue weighted by Crippen LogP contribution is 2.29. The highest BCUT2D eigenvalue weighted by Gasteiger charge is 2.25. The van der Waals surface area contributed by atoms with Crippen molar-refractivity contribution in [3.63, 3.8) is 0 Å². The van der Waals surface area contributed by atoms with Crippen molar-refractivity contribution in [2.24, 2.45) is 0 Å². The highest BCUT2D eigenvalue weighted by molar-refractivity contribution is 6.42. The van der Waals surface area contributed by atoms with E-state index < -0.39 is 11.6 Å². The van der Waals surface area contributed by atoms with Crippen LogP contribution >= 0.6 is 23.2 Å². The molecule has 4 aromatic rings. The van der Waals surface area contributed by atoms with Gasteiger partial charge in [0.25, 0.3) is 5.56 Å². The number of fused-ring (bicyclic) bond motifs is 1. The molecule has 2 unspecified atom stereocenters. The maximum atomic E-state index is 13.7. The van der Waals surface area contributed by atoms with Gasteiger partial charge in [-0.15, -0.1) is 0 Å². The number of anilines is 1. The minimum atomic E-state index is -0.817. The third-order valence-corrected chi connectivity index (χ3v) is 8.10. The summed E-state index contributed by atoms with van der Waals surface area (Å²) in [7, 11) is 0. The fraction of sp³-hybridized carbons (Fsp3) is 0.290. The molecule has 8 nitrogen and oxygen atoms in total. The third-order valence-electron chi connectivity index (χ3n) is 7.38. The first-order valence-electron chi connectivity index (χ1n) is 13.6. The van der Waals surface area contributed by atoms with Gasteiger partial charge in [-0.3, -0.25) is 19.0 Å². The van der Waals surface area contributed by atoms with E-state index >= 15 is 0 Å². The Kier molecular flexibility index (Phi) is 8.73. The van der Waals surface area contributed by atoms with Crippen molar-refractivity contribution < 1.29 is 9.59 Å². The number of amides is 2. The lowest BCUT2D eigenvalue weighted by Gasteiger charge is -2.27. The Morgan fingerprint density at radius 1 is 0.976 bits per heavy atom. The van der Waals surface area contributed by atoms with E-state index in [2.05, 4.69) is 20.5 Å². The van der Waals surface area contributed by atoms with Gasteiger partial charge in [0.05, 0.1) is 33.3 Å². The van der Waals surface area contributed by atoms with Crippen molar-refractivity contribution >= 4 is 51.7 Å². The number of benzene rings is 3. The Morgan fingerprint density at radius 2 is 1.68 bits per heavy atom. The minimum absolute atomic E-state index is 0.124. The van der Waals surface area contributed by atoms with Crippen molar-refractivity contribution in [2.45, 2.75) is 38.8 Å². The average molecular weight is 593 g/mol. The lowest BCUT2D eigenvalue weighted by Crippen LogP contribution is -2.41. The van der Waals surface area contributed by atoms with Crippen LogP contribution < -0.4 is 16.2 Å². The zero-order valence-corrected chi connectivity index (χ0v) is 24.4. The normalized spacial score (nSPS) is 15.0. The maximum absolute atomic E-state index is 13.7. The minimum Gasteiger partial charge on any atom is -0.346 e. The predicted octanol–water partition coefficient (Wildman–Crippen LogP) is 5.84. The van der Waals surface area contributed by atoms with E-state index in [9.17, 15) is 14.4 Å². The molecule has 0 radical (unpaired) electrons. The molecule has 41 heavy (non-hydrogen) atoms. The Bertz CT molecular complexity index is 1650. The number of likely N-dealkylation sites (tertiary alicyclic amines) is 1. The Labute approximate surface area is 248 Å². The van der Waals surface area contributed by atoms with E-state index in [0.29, 0.717) is 22.6 Å². The fourth-order valence-corrected chi connectivity index (χ4v) is 5.60. The molecule has 212 valence electrons. The standard InChI is InChI=1S/C31H31Cl2N5O3/c1-19(38-29-16-26(33)25(32)15-27(29)34-17-30(38)40)31(41)36-28(18-37-12-3-4-13-37)22-10-8-21(9-11-22)23-6-5-7-24(14-23)35-20(2)39/h5-11,14-17,19,28H,3-4,12-13,18H2,1-2H3,(H,35,39)(H,36,41). The number of carbonyl (C=O) groups excluding carboxylic acids is 2. The molecule has 1 aromatic heterocycles. The number of rotatable bonds is 8. The highest BCUT2D eigenvalue weighted by atomic mass is 35.5. The maximum Gasteiger partial charge on any atom is 0.270 e. The summed E-state index contributed by atoms with van der Waals surface area (Å²) in [5, 5.41) is 6.62. The molecule has 0 spiro atoms. The largest absolute Gasteiger partial charge is 0.346 e. The first-order valence-corrected chi connectivity index (χ1v) is 14.3. The average Bonchev–Trinajstić information content (AvgIpc) is 3.46. The molecule has 3 aromatic carbocycles. The molecule has 1 fully saturated rings. The fourth-order valence-electron chi connectivity index (χ4n) is 5.28. The van der Waals surface area contributed by atoms with Crippen LogP contribution in [-0.4, -0.2) is 45.9 Å². The Balaban J connectivity index is 1.42. The molecule has 0 aliphatic carbocycles. The number of nitrogens with one attached hydrogen (secondary N) is 2. The van der Waals surface area contributed by atoms with Crippen molar-refractivity contribution in [2.75, 3.05) is 25.0 Å². The number of nitrogens with zero attached hydrogens (tertiary/aromatic N) is 3. The van der Waals surface area contributed by atoms with Crippen LogP contribution in [0.25, 0.3) is 22.2 Å². The van der Waals surface area contributed by atoms with Crippen molar-refractivity contribution in [3.8, 4) is 11.1 Å². The molecule has 2 amide bonds. The quantitative estimate of drug-likeness (QED) is 0.268. The van der Waals surface area contributed by atoms with Gasteiger partial charge < -0.3 is 15.5 Å². The zero-order valence-electron chi connectivity index (χ0n) is 22.9. The van der Waals surface area contributed by atoms with Crippen molar-refractivity contribution in [1.82, 2.24) is 19.8 Å². The molecule has 5 rings (SSSR count). The molecule has 0 saturated carbocycles. The number of hydrogen-bond acceptors (Lipinski definition) is 5. The van der Waals surface area contributed by atoms with Gasteiger partial charge >= 0.3 is 0 Å². The van der Waals surface area contributed by atoms with Crippen LogP contribution in [0.4, 0.5) is 5.69 Å². The third kappa shape index (κ3) is 6.62. The SMILES string of the molecule is CC(=O)Nc1cccc(-c2ccc(C(CN3CCCC3)NC(=O)C(C)n3c(=O)cnc4cc(Cl)c(Cl)cc43)cc2)c1. The second-order valence-corrected chi connectivity index (χ2v) is 11.2. The van der Waals surface area contributed by atoms with Gasteiger partial charge in [-0.05, 0) is 73.8 Å². The molecule has 2 N–H and O–H groups in total. The van der Waals surface area contributed by atoms with E-state index in [0.717, 1.165) is 48.3 Å². The van der Waals surface area contributed by atoms with Gasteiger partial charge in [0.2, 0.25) is 11.8 Å². The summed E-state index contributed by atoms with van der Waals surface area (Å²) in [6.07, 6.45) is 3.45. The number of aromatic nitrogens is 2. The molecule has 1 saturated heterocycles. The van der Waals surface area contributed by atoms with Gasteiger partial charge in [-0.1, -0.05) is 59.6 Å². The molecule has 10 heteroatoms. The summed E-state index contributed by atoms with van der Waals surface area (Å²) >= 11 is 12.4. The number of halogens is 2. The topological polar surface area (TPSA) is 96.3 Å². The molecule has 2 atom stereocenters. The summed E-state index contributed by atoms with van der Waals surface area (Å²) < 4.78 is 1.40. The lowest BCUT2D eigenvalue weighted by molar-refractivity contribution is -0.124. The number of carbonyl (C=O) groups is 2. The molecule has 0 bridgehead atoms. The summed E-state index contributed by atoms with van der Waals surface area (Å²) in [6, 6.07) is 17.8. The van der Waals surface area contributed by atoms with E-state index in [4.69, 9.17) is 23.2 Å². The van der Waals surface area contributed by atoms with E-state index in [1.807, 2.05) is 48.5 Å². The second-order valence-electron chi connectivity index (χ2n) is 10.4. The van der Waals surface area contributed by atoms with Crippen LogP contribution in [0.5, 0.6) is 0 Å². The van der Waals surface area contributed by atoms with E-state index in [1.165, 1.54) is 17.7 Å². The summed E-state index contributed by atoms with van der Waals surface area (Å²) in [4.78, 5) is 44.5. The van der Waals surface area contributed by atoms with Crippen LogP contribution in [0, 0.1) is 0 Å². The van der Waals surface area contributed by atoms with Gasteiger partial charge in [-0.2, -0.15) is 0 Å². The van der Waals surface area contributed by atoms with E-state index in [-0.39, 0.29) is 22.9 Å². The second kappa shape index (κ2) is 12.4. The molecule has 1 aliphatic heterocycles. The molecular formula is C31H31Cl2N5O3. The first kappa shape index (κ1) is 28.8. The van der Waals surface area contributed by atoms with Gasteiger partial charge in [0.1, 0.15) is 6.04 Å². The smallest absolute Gasteiger partial charge is 0.270 e. The Morgan fingerprint density at radius 3 is 2.39 bits per heavy atom. The predicted molar refractivity (Wildman–Crippen MR) is 163 cm³/mol. The first-order chi connectivity index (χ1) is 19.7. The van der Waals surface area contributed by atoms with Crippen LogP contribution in [0.15, 0.2) is 71.7 Å². The van der Waals surface area contributed by atoms with E-state index in [1.54, 1.807) is 19.1 Å². The van der Waals surface area contributed by atoms with Crippen LogP contribution in [0.3, 0.4) is 0 Å². The van der Waals surface area contributed by atoms with Crippen molar-refractivity contribution in [1.29, 1.82) is 0 Å². The monoisotopic (exact) mass is 591 g/mol. The molecule has 1 aliphatic rings. The zero-order chi connectivity index (χ0) is 29.1. The van der Waals surface area contributed by atoms with Crippen molar-refractivity contribution in [3.05, 3.63) is 92.8 Å². The Hall–Kier alpha value is -3.72. The van der Waals surface area contributed by atoms with Crippen LogP contribution in [0.2, 0.25) is 10.0 Å². The number of hydrogen-bond donors (Lipinski definition) is 2. The summed E-state index contributed by atoms with van der Waals surface area (Å²) in [5.41, 5.74) is 4.17. The van der Waals surface area contributed by atoms with Crippen LogP contribution in [-0.2, 0) is 9.59 Å². The molecular weight excluding hydrogens is 561 g/mol.